The van der Waals surface area contributed by atoms with Crippen molar-refractivity contribution in [3.8, 4) is 11.9 Å². The average Bonchev–Trinajstić information content (AvgIpc) is 3.22. The third kappa shape index (κ3) is 3.00. The molecule has 2 heterocycles. The summed E-state index contributed by atoms with van der Waals surface area (Å²) in [5.41, 5.74) is 2.12. The summed E-state index contributed by atoms with van der Waals surface area (Å²) in [6.45, 7) is 0.130. The third-order valence-electron chi connectivity index (χ3n) is 4.42. The van der Waals surface area contributed by atoms with Crippen LogP contribution in [0.4, 0.5) is 10.1 Å². The topological polar surface area (TPSA) is 94.2 Å². The minimum absolute atomic E-state index is 0.0260. The molecule has 2 N–H and O–H groups in total. The summed E-state index contributed by atoms with van der Waals surface area (Å²) in [4.78, 5) is 18.9. The molecule has 0 bridgehead atoms. The number of allylic oxidation sites excluding steroid dienone is 1. The molecule has 1 aliphatic rings. The fourth-order valence-corrected chi connectivity index (χ4v) is 3.12. The minimum atomic E-state index is -0.616. The Morgan fingerprint density at radius 3 is 2.75 bits per heavy atom. The largest absolute Gasteiger partial charge is 0.493 e. The number of imidazole rings is 1. The van der Waals surface area contributed by atoms with E-state index in [1.807, 2.05) is 6.07 Å². The van der Waals surface area contributed by atoms with Gasteiger partial charge in [-0.1, -0.05) is 29.8 Å². The molecular weight excluding hydrogens is 383 g/mol. The van der Waals surface area contributed by atoms with Gasteiger partial charge in [0.15, 0.2) is 5.82 Å². The number of benzene rings is 2. The van der Waals surface area contributed by atoms with Gasteiger partial charge in [-0.05, 0) is 29.8 Å². The Morgan fingerprint density at radius 2 is 2.04 bits per heavy atom. The normalized spacial score (nSPS) is 13.7. The third-order valence-corrected chi connectivity index (χ3v) is 4.71. The molecule has 0 aliphatic carbocycles. The van der Waals surface area contributed by atoms with Crippen molar-refractivity contribution in [2.45, 2.75) is 6.54 Å². The van der Waals surface area contributed by atoms with Crippen molar-refractivity contribution >= 4 is 35.2 Å². The lowest BCUT2D eigenvalue weighted by molar-refractivity contribution is 0.420. The van der Waals surface area contributed by atoms with E-state index in [1.54, 1.807) is 30.3 Å². The molecule has 28 heavy (non-hydrogen) atoms. The van der Waals surface area contributed by atoms with Gasteiger partial charge in [0.25, 0.3) is 0 Å². The maximum Gasteiger partial charge on any atom is 0.329 e. The Balaban J connectivity index is 1.69. The molecule has 0 unspecified atom stereocenters. The molecule has 0 saturated carbocycles. The van der Waals surface area contributed by atoms with Crippen molar-refractivity contribution in [2.75, 3.05) is 0 Å². The second kappa shape index (κ2) is 6.83. The summed E-state index contributed by atoms with van der Waals surface area (Å²) in [6.07, 6.45) is 2.97. The fourth-order valence-electron chi connectivity index (χ4n) is 2.97. The molecule has 6 nitrogen and oxygen atoms in total. The van der Waals surface area contributed by atoms with Crippen LogP contribution >= 0.6 is 11.6 Å². The maximum absolute atomic E-state index is 14.1. The summed E-state index contributed by atoms with van der Waals surface area (Å²) >= 11 is 5.77. The van der Waals surface area contributed by atoms with E-state index >= 15 is 0 Å². The van der Waals surface area contributed by atoms with Gasteiger partial charge >= 0.3 is 5.69 Å². The van der Waals surface area contributed by atoms with Gasteiger partial charge in [0, 0.05) is 17.4 Å². The number of aliphatic imine (C=N–C) groups is 1. The lowest BCUT2D eigenvalue weighted by atomic mass is 10.1. The summed E-state index contributed by atoms with van der Waals surface area (Å²) in [5.74, 6) is -0.868. The molecule has 2 aromatic carbocycles. The van der Waals surface area contributed by atoms with E-state index in [0.29, 0.717) is 16.7 Å². The number of aromatic nitrogens is 2. The van der Waals surface area contributed by atoms with Gasteiger partial charge in [0.05, 0.1) is 23.2 Å². The number of aromatic amines is 1. The lowest BCUT2D eigenvalue weighted by Crippen LogP contribution is -2.17. The Hall–Kier alpha value is -3.63. The summed E-state index contributed by atoms with van der Waals surface area (Å²) in [5, 5.41) is 19.3. The highest BCUT2D eigenvalue weighted by atomic mass is 35.5. The number of nitrogens with zero attached hydrogens (tertiary/aromatic N) is 3. The Bertz CT molecular complexity index is 1250. The predicted molar refractivity (Wildman–Crippen MR) is 104 cm³/mol. The first-order valence-electron chi connectivity index (χ1n) is 8.23. The number of hydrogen-bond acceptors (Lipinski definition) is 4. The second-order valence-electron chi connectivity index (χ2n) is 6.18. The molecule has 8 heteroatoms. The van der Waals surface area contributed by atoms with E-state index in [0.717, 1.165) is 5.56 Å². The molecule has 3 aromatic rings. The molecule has 0 fully saturated rings. The smallest absolute Gasteiger partial charge is 0.329 e. The molecule has 1 aromatic heterocycles. The van der Waals surface area contributed by atoms with Crippen LogP contribution in [0.2, 0.25) is 5.02 Å². The van der Waals surface area contributed by atoms with Crippen LogP contribution < -0.4 is 5.69 Å². The van der Waals surface area contributed by atoms with Gasteiger partial charge in [-0.25, -0.2) is 9.18 Å². The van der Waals surface area contributed by atoms with Gasteiger partial charge in [-0.3, -0.25) is 9.56 Å². The van der Waals surface area contributed by atoms with Crippen molar-refractivity contribution in [3.05, 3.63) is 80.1 Å². The number of rotatable bonds is 3. The zero-order chi connectivity index (χ0) is 19.8. The molecule has 138 valence electrons. The van der Waals surface area contributed by atoms with Gasteiger partial charge in [-0.2, -0.15) is 5.26 Å². The van der Waals surface area contributed by atoms with Crippen LogP contribution in [0, 0.1) is 17.1 Å². The highest BCUT2D eigenvalue weighted by Crippen LogP contribution is 2.38. The van der Waals surface area contributed by atoms with E-state index in [9.17, 15) is 14.3 Å². The summed E-state index contributed by atoms with van der Waals surface area (Å²) in [6, 6.07) is 11.8. The number of fused-ring (bicyclic) bond motifs is 1. The standard InChI is InChI=1S/C20H12ClFN4O2/c21-15-6-5-14-13(9-24-18(14)17(15)22)7-16-19(27)26(20(28)25-16)10-12-3-1-11(8-23)2-4-12/h1-7,9,27H,10H2,(H,25,28). The van der Waals surface area contributed by atoms with E-state index in [-0.39, 0.29) is 28.8 Å². The SMILES string of the molecule is N#Cc1ccc(Cn2c(O)c(C=C3C=Nc4c3ccc(Cl)c4F)[nH]c2=O)cc1. The van der Waals surface area contributed by atoms with Crippen molar-refractivity contribution in [3.63, 3.8) is 0 Å². The van der Waals surface area contributed by atoms with Crippen LogP contribution in [0.15, 0.2) is 46.2 Å². The molecule has 0 saturated heterocycles. The lowest BCUT2D eigenvalue weighted by Gasteiger charge is -2.04. The van der Waals surface area contributed by atoms with Crippen LogP contribution in [-0.2, 0) is 6.54 Å². The molecular formula is C20H12ClFN4O2. The fraction of sp³-hybridized carbons (Fsp3) is 0.0500. The minimum Gasteiger partial charge on any atom is -0.493 e. The Morgan fingerprint density at radius 1 is 1.29 bits per heavy atom. The number of halogens is 2. The van der Waals surface area contributed by atoms with Crippen LogP contribution in [-0.4, -0.2) is 20.9 Å². The van der Waals surface area contributed by atoms with Crippen molar-refractivity contribution in [1.29, 1.82) is 5.26 Å². The van der Waals surface area contributed by atoms with Gasteiger partial charge in [0.1, 0.15) is 11.4 Å². The zero-order valence-corrected chi connectivity index (χ0v) is 15.0. The summed E-state index contributed by atoms with van der Waals surface area (Å²) in [7, 11) is 0. The molecule has 4 rings (SSSR count). The average molecular weight is 395 g/mol. The zero-order valence-electron chi connectivity index (χ0n) is 14.3. The highest BCUT2D eigenvalue weighted by Gasteiger charge is 2.20. The molecule has 0 amide bonds. The van der Waals surface area contributed by atoms with Gasteiger partial charge in [-0.15, -0.1) is 0 Å². The quantitative estimate of drug-likeness (QED) is 0.706. The number of aromatic hydroxyl groups is 1. The van der Waals surface area contributed by atoms with Crippen molar-refractivity contribution in [1.82, 2.24) is 9.55 Å². The van der Waals surface area contributed by atoms with E-state index < -0.39 is 11.5 Å². The van der Waals surface area contributed by atoms with Crippen LogP contribution in [0.25, 0.3) is 11.6 Å². The van der Waals surface area contributed by atoms with E-state index in [4.69, 9.17) is 16.9 Å². The van der Waals surface area contributed by atoms with Crippen LogP contribution in [0.3, 0.4) is 0 Å². The van der Waals surface area contributed by atoms with E-state index in [2.05, 4.69) is 9.98 Å². The highest BCUT2D eigenvalue weighted by molar-refractivity contribution is 6.31. The van der Waals surface area contributed by atoms with Crippen LogP contribution in [0.1, 0.15) is 22.4 Å². The van der Waals surface area contributed by atoms with E-state index in [1.165, 1.54) is 22.9 Å². The first-order valence-corrected chi connectivity index (χ1v) is 8.60. The summed E-state index contributed by atoms with van der Waals surface area (Å²) < 4.78 is 15.2. The molecule has 0 radical (unpaired) electrons. The molecule has 0 spiro atoms. The first kappa shape index (κ1) is 17.8. The Labute approximate surface area is 163 Å². The van der Waals surface area contributed by atoms with Crippen molar-refractivity contribution in [2.24, 2.45) is 4.99 Å². The molecule has 0 atom stereocenters. The van der Waals surface area contributed by atoms with Gasteiger partial charge in [0.2, 0.25) is 5.88 Å². The first-order chi connectivity index (χ1) is 13.5. The number of nitriles is 1. The van der Waals surface area contributed by atoms with Crippen molar-refractivity contribution < 1.29 is 9.50 Å². The molecule has 1 aliphatic heterocycles. The second-order valence-corrected chi connectivity index (χ2v) is 6.58. The Kier molecular flexibility index (Phi) is 4.34. The van der Waals surface area contributed by atoms with Gasteiger partial charge < -0.3 is 10.1 Å². The predicted octanol–water partition coefficient (Wildman–Crippen LogP) is 3.85. The van der Waals surface area contributed by atoms with Crippen LogP contribution in [0.5, 0.6) is 5.88 Å². The number of H-pyrrole nitrogens is 1. The number of hydrogen-bond donors (Lipinski definition) is 2. The maximum atomic E-state index is 14.1. The monoisotopic (exact) mass is 394 g/mol. The number of nitrogens with one attached hydrogen (secondary N) is 1.